The van der Waals surface area contributed by atoms with Crippen LogP contribution in [0.5, 0.6) is 5.75 Å². The van der Waals surface area contributed by atoms with Crippen molar-refractivity contribution in [3.8, 4) is 5.75 Å². The van der Waals surface area contributed by atoms with Crippen LogP contribution in [0.4, 0.5) is 5.69 Å². The summed E-state index contributed by atoms with van der Waals surface area (Å²) in [6.45, 7) is 1.69. The molecular weight excluding hydrogens is 424 g/mol. The molecule has 0 aliphatic carbocycles. The Labute approximate surface area is 170 Å². The molecule has 0 saturated carbocycles. The zero-order valence-corrected chi connectivity index (χ0v) is 16.4. The molecule has 0 bridgehead atoms. The fraction of sp³-hybridized carbons (Fsp3) is 0.176. The third-order valence-electron chi connectivity index (χ3n) is 3.81. The third kappa shape index (κ3) is 3.86. The molecule has 1 aliphatic rings. The Balaban J connectivity index is 0.00000243. The van der Waals surface area contributed by atoms with Gasteiger partial charge in [-0.1, -0.05) is 40.9 Å². The van der Waals surface area contributed by atoms with Crippen LogP contribution in [0.3, 0.4) is 0 Å². The van der Waals surface area contributed by atoms with Crippen molar-refractivity contribution in [1.82, 2.24) is 0 Å². The number of anilines is 1. The number of rotatable bonds is 3. The average Bonchev–Trinajstić information content (AvgIpc) is 2.53. The van der Waals surface area contributed by atoms with Crippen LogP contribution in [0.1, 0.15) is 22.8 Å². The monoisotopic (exact) mass is 435 g/mol. The first-order valence-electron chi connectivity index (χ1n) is 7.26. The lowest BCUT2D eigenvalue weighted by Crippen LogP contribution is -2.44. The van der Waals surface area contributed by atoms with Gasteiger partial charge < -0.3 is 14.7 Å². The molecule has 0 saturated heterocycles. The summed E-state index contributed by atoms with van der Waals surface area (Å²) < 4.78 is 5.52. The number of benzene rings is 2. The average molecular weight is 437 g/mol. The lowest BCUT2D eigenvalue weighted by molar-refractivity contribution is -0.125. The number of hydrogen-bond donors (Lipinski definition) is 1. The number of carbonyl (C=O) groups is 2. The van der Waals surface area contributed by atoms with Crippen LogP contribution in [-0.4, -0.2) is 23.1 Å². The number of fused-ring (bicyclic) bond motifs is 1. The van der Waals surface area contributed by atoms with Crippen molar-refractivity contribution in [3.63, 3.8) is 0 Å². The Kier molecular flexibility index (Phi) is 6.29. The van der Waals surface area contributed by atoms with Crippen LogP contribution in [-0.2, 0) is 11.3 Å². The first-order chi connectivity index (χ1) is 11.8. The Hall–Kier alpha value is -1.66. The fourth-order valence-electron chi connectivity index (χ4n) is 2.61. The number of hydrogen-bond acceptors (Lipinski definition) is 3. The Morgan fingerprint density at radius 2 is 1.88 bits per heavy atom. The van der Waals surface area contributed by atoms with Gasteiger partial charge in [-0.15, -0.1) is 12.4 Å². The van der Waals surface area contributed by atoms with E-state index in [-0.39, 0.29) is 41.2 Å². The fourth-order valence-corrected chi connectivity index (χ4v) is 3.29. The maximum atomic E-state index is 12.6. The Morgan fingerprint density at radius 3 is 2.50 bits per heavy atom. The minimum atomic E-state index is -1.19. The quantitative estimate of drug-likeness (QED) is 0.728. The van der Waals surface area contributed by atoms with Crippen molar-refractivity contribution < 1.29 is 19.4 Å². The third-order valence-corrected chi connectivity index (χ3v) is 4.61. The van der Waals surface area contributed by atoms with E-state index in [4.69, 9.17) is 39.5 Å². The molecular formula is C17H13Cl4NO4. The first-order valence-corrected chi connectivity index (χ1v) is 8.40. The molecule has 2 aromatic rings. The van der Waals surface area contributed by atoms with Crippen LogP contribution in [0, 0.1) is 0 Å². The normalized spacial score (nSPS) is 15.8. The van der Waals surface area contributed by atoms with Crippen LogP contribution in [0.25, 0.3) is 0 Å². The molecule has 9 heteroatoms. The molecule has 3 rings (SSSR count). The summed E-state index contributed by atoms with van der Waals surface area (Å²) in [5.74, 6) is -1.41. The molecule has 0 aromatic heterocycles. The minimum absolute atomic E-state index is 0. The van der Waals surface area contributed by atoms with E-state index in [0.29, 0.717) is 21.3 Å². The highest BCUT2D eigenvalue weighted by molar-refractivity contribution is 6.35. The van der Waals surface area contributed by atoms with Crippen molar-refractivity contribution >= 4 is 64.8 Å². The molecule has 0 spiro atoms. The van der Waals surface area contributed by atoms with Crippen molar-refractivity contribution in [2.75, 3.05) is 4.90 Å². The molecule has 1 aliphatic heterocycles. The van der Waals surface area contributed by atoms with E-state index in [0.717, 1.165) is 0 Å². The van der Waals surface area contributed by atoms with Gasteiger partial charge in [-0.05, 0) is 36.8 Å². The summed E-state index contributed by atoms with van der Waals surface area (Å²) in [5, 5.41) is 10.5. The van der Waals surface area contributed by atoms with Gasteiger partial charge in [0.2, 0.25) is 0 Å². The van der Waals surface area contributed by atoms with Gasteiger partial charge in [-0.25, -0.2) is 4.79 Å². The standard InChI is InChI=1S/C17H12Cl3NO4.ClH/c1-8-16(22)21(7-9-2-3-10(18)5-13(9)20)14-6-11(19)4-12(17(23)24)15(14)25-8;/h2-6,8H,7H2,1H3,(H,23,24);1H. The number of nitrogens with zero attached hydrogens (tertiary/aromatic N) is 1. The van der Waals surface area contributed by atoms with Gasteiger partial charge in [-0.2, -0.15) is 0 Å². The van der Waals surface area contributed by atoms with E-state index >= 15 is 0 Å². The summed E-state index contributed by atoms with van der Waals surface area (Å²) in [4.78, 5) is 25.5. The molecule has 26 heavy (non-hydrogen) atoms. The smallest absolute Gasteiger partial charge is 0.339 e. The Bertz CT molecular complexity index is 887. The number of aromatic carboxylic acids is 1. The molecule has 1 atom stereocenters. The molecule has 2 aromatic carbocycles. The number of carboxylic acid groups (broad SMARTS) is 1. The van der Waals surface area contributed by atoms with E-state index in [1.54, 1.807) is 25.1 Å². The van der Waals surface area contributed by atoms with E-state index in [1.807, 2.05) is 0 Å². The van der Waals surface area contributed by atoms with Gasteiger partial charge in [0.15, 0.2) is 11.9 Å². The summed E-state index contributed by atoms with van der Waals surface area (Å²) in [5.41, 5.74) is 0.851. The van der Waals surface area contributed by atoms with E-state index in [1.165, 1.54) is 17.0 Å². The number of amides is 1. The highest BCUT2D eigenvalue weighted by atomic mass is 35.5. The van der Waals surface area contributed by atoms with Gasteiger partial charge >= 0.3 is 5.97 Å². The summed E-state index contributed by atoms with van der Waals surface area (Å²) in [6, 6.07) is 7.74. The molecule has 5 nitrogen and oxygen atoms in total. The van der Waals surface area contributed by atoms with Crippen molar-refractivity contribution in [2.24, 2.45) is 0 Å². The van der Waals surface area contributed by atoms with Crippen molar-refractivity contribution in [1.29, 1.82) is 0 Å². The molecule has 1 amide bonds. The second-order valence-electron chi connectivity index (χ2n) is 5.53. The number of carboxylic acids is 1. The van der Waals surface area contributed by atoms with Gasteiger partial charge in [-0.3, -0.25) is 4.79 Å². The van der Waals surface area contributed by atoms with Gasteiger partial charge in [0.25, 0.3) is 5.91 Å². The highest BCUT2D eigenvalue weighted by Crippen LogP contribution is 2.41. The predicted octanol–water partition coefficient (Wildman–Crippen LogP) is 5.08. The van der Waals surface area contributed by atoms with Gasteiger partial charge in [0.05, 0.1) is 12.2 Å². The molecule has 1 heterocycles. The van der Waals surface area contributed by atoms with E-state index in [9.17, 15) is 14.7 Å². The van der Waals surface area contributed by atoms with Crippen molar-refractivity contribution in [2.45, 2.75) is 19.6 Å². The molecule has 138 valence electrons. The maximum Gasteiger partial charge on any atom is 0.339 e. The molecule has 0 radical (unpaired) electrons. The lowest BCUT2D eigenvalue weighted by atomic mass is 10.1. The van der Waals surface area contributed by atoms with Gasteiger partial charge in [0, 0.05) is 15.1 Å². The maximum absolute atomic E-state index is 12.6. The second kappa shape index (κ2) is 7.92. The zero-order chi connectivity index (χ0) is 18.3. The number of halogens is 4. The second-order valence-corrected chi connectivity index (χ2v) is 6.81. The molecule has 1 N–H and O–H groups in total. The van der Waals surface area contributed by atoms with Crippen LogP contribution < -0.4 is 9.64 Å². The molecule has 0 fully saturated rings. The van der Waals surface area contributed by atoms with E-state index in [2.05, 4.69) is 0 Å². The highest BCUT2D eigenvalue weighted by Gasteiger charge is 2.35. The minimum Gasteiger partial charge on any atom is -0.478 e. The van der Waals surface area contributed by atoms with Crippen LogP contribution >= 0.6 is 47.2 Å². The van der Waals surface area contributed by atoms with Gasteiger partial charge in [0.1, 0.15) is 5.56 Å². The van der Waals surface area contributed by atoms with Crippen LogP contribution in [0.2, 0.25) is 15.1 Å². The summed E-state index contributed by atoms with van der Waals surface area (Å²) >= 11 is 18.1. The summed E-state index contributed by atoms with van der Waals surface area (Å²) in [7, 11) is 0. The van der Waals surface area contributed by atoms with Crippen LogP contribution in [0.15, 0.2) is 30.3 Å². The molecule has 1 unspecified atom stereocenters. The number of ether oxygens (including phenoxy) is 1. The Morgan fingerprint density at radius 1 is 1.19 bits per heavy atom. The van der Waals surface area contributed by atoms with E-state index < -0.39 is 12.1 Å². The zero-order valence-electron chi connectivity index (χ0n) is 13.3. The predicted molar refractivity (Wildman–Crippen MR) is 103 cm³/mol. The summed E-state index contributed by atoms with van der Waals surface area (Å²) in [6.07, 6.45) is -0.835. The lowest BCUT2D eigenvalue weighted by Gasteiger charge is -2.34. The topological polar surface area (TPSA) is 66.8 Å². The van der Waals surface area contributed by atoms with Crippen molar-refractivity contribution in [3.05, 3.63) is 56.5 Å². The first kappa shape index (κ1) is 20.6. The SMILES string of the molecule is CC1Oc2c(C(=O)O)cc(Cl)cc2N(Cc2ccc(Cl)cc2Cl)C1=O.Cl. The number of carbonyl (C=O) groups excluding carboxylic acids is 1. The largest absolute Gasteiger partial charge is 0.478 e.